The van der Waals surface area contributed by atoms with Crippen LogP contribution in [0.4, 0.5) is 0 Å². The highest BCUT2D eigenvalue weighted by Crippen LogP contribution is 2.23. The van der Waals surface area contributed by atoms with Crippen LogP contribution < -0.4 is 10.3 Å². The highest BCUT2D eigenvalue weighted by atomic mass is 16.5. The maximum Gasteiger partial charge on any atom is 0.256 e. The Hall–Kier alpha value is -2.60. The number of ether oxygens (including phenoxy) is 1. The van der Waals surface area contributed by atoms with E-state index in [1.807, 2.05) is 6.07 Å². The minimum atomic E-state index is -1.27. The number of H-pyrrole nitrogens is 1. The number of aliphatic hydroxyl groups is 1. The van der Waals surface area contributed by atoms with E-state index in [-0.39, 0.29) is 12.1 Å². The summed E-state index contributed by atoms with van der Waals surface area (Å²) in [5, 5.41) is 10.3. The third-order valence-corrected chi connectivity index (χ3v) is 4.12. The summed E-state index contributed by atoms with van der Waals surface area (Å²) in [7, 11) is 1.53. The second-order valence-corrected chi connectivity index (χ2v) is 5.50. The second kappa shape index (κ2) is 6.26. The van der Waals surface area contributed by atoms with E-state index in [9.17, 15) is 14.7 Å². The van der Waals surface area contributed by atoms with Crippen LogP contribution in [0.5, 0.6) is 5.75 Å². The lowest BCUT2D eigenvalue weighted by Gasteiger charge is -2.30. The van der Waals surface area contributed by atoms with Gasteiger partial charge in [-0.25, -0.2) is 0 Å². The van der Waals surface area contributed by atoms with Gasteiger partial charge in [0.2, 0.25) is 0 Å². The van der Waals surface area contributed by atoms with E-state index >= 15 is 0 Å². The van der Waals surface area contributed by atoms with Gasteiger partial charge in [0.1, 0.15) is 5.75 Å². The number of carbonyl (C=O) groups is 1. The van der Waals surface area contributed by atoms with Gasteiger partial charge >= 0.3 is 0 Å². The number of hydrogen-bond donors (Lipinski definition) is 2. The molecule has 0 aliphatic carbocycles. The molecule has 1 aliphatic rings. The summed E-state index contributed by atoms with van der Waals surface area (Å²) >= 11 is 0. The van der Waals surface area contributed by atoms with Gasteiger partial charge in [0.05, 0.1) is 13.7 Å². The molecule has 1 atom stereocenters. The summed E-state index contributed by atoms with van der Waals surface area (Å²) in [5.74, 6) is 0.168. The summed E-state index contributed by atoms with van der Waals surface area (Å²) in [6.07, 6.45) is 0.953. The van der Waals surface area contributed by atoms with Crippen molar-refractivity contribution in [3.63, 3.8) is 0 Å². The summed E-state index contributed by atoms with van der Waals surface area (Å²) in [4.78, 5) is 28.6. The fourth-order valence-electron chi connectivity index (χ4n) is 2.80. The van der Waals surface area contributed by atoms with E-state index in [0.717, 1.165) is 5.56 Å². The normalized spacial score (nSPS) is 15.0. The molecule has 3 rings (SSSR count). The van der Waals surface area contributed by atoms with Gasteiger partial charge < -0.3 is 19.7 Å². The smallest absolute Gasteiger partial charge is 0.256 e. The minimum Gasteiger partial charge on any atom is -0.497 e. The van der Waals surface area contributed by atoms with E-state index in [1.165, 1.54) is 12.0 Å². The van der Waals surface area contributed by atoms with E-state index in [1.54, 1.807) is 30.5 Å². The van der Waals surface area contributed by atoms with Crippen LogP contribution in [0.15, 0.2) is 41.3 Å². The molecule has 1 aromatic carbocycles. The van der Waals surface area contributed by atoms with Gasteiger partial charge in [-0.2, -0.15) is 0 Å². The zero-order valence-electron chi connectivity index (χ0n) is 12.8. The van der Waals surface area contributed by atoms with E-state index in [2.05, 4.69) is 4.98 Å². The molecule has 6 heteroatoms. The molecule has 120 valence electrons. The van der Waals surface area contributed by atoms with Crippen molar-refractivity contribution in [3.8, 4) is 5.75 Å². The number of pyridine rings is 1. The number of carbonyl (C=O) groups excluding carboxylic acids is 1. The Kier molecular flexibility index (Phi) is 4.16. The summed E-state index contributed by atoms with van der Waals surface area (Å²) < 4.78 is 5.11. The molecule has 6 nitrogen and oxygen atoms in total. The number of aromatic nitrogens is 1. The molecule has 0 saturated carbocycles. The largest absolute Gasteiger partial charge is 0.497 e. The molecule has 23 heavy (non-hydrogen) atoms. The maximum absolute atomic E-state index is 12.5. The van der Waals surface area contributed by atoms with Gasteiger partial charge in [0.15, 0.2) is 6.10 Å². The lowest BCUT2D eigenvalue weighted by Crippen LogP contribution is -2.41. The molecule has 2 aromatic rings. The standard InChI is InChI=1S/C17H18N2O4/c1-23-13-4-2-3-12(9-13)15(20)17(22)19-8-6-11-5-7-18-16(21)14(11)10-19/h2-5,7,9,15,20H,6,8,10H2,1H3,(H,18,21). The van der Waals surface area contributed by atoms with Gasteiger partial charge in [-0.1, -0.05) is 12.1 Å². The van der Waals surface area contributed by atoms with E-state index in [4.69, 9.17) is 4.74 Å². The number of aromatic amines is 1. The number of aliphatic hydroxyl groups excluding tert-OH is 1. The summed E-state index contributed by atoms with van der Waals surface area (Å²) in [6.45, 7) is 0.696. The van der Waals surface area contributed by atoms with Crippen molar-refractivity contribution in [2.24, 2.45) is 0 Å². The fourth-order valence-corrected chi connectivity index (χ4v) is 2.80. The lowest BCUT2D eigenvalue weighted by atomic mass is 10.0. The lowest BCUT2D eigenvalue weighted by molar-refractivity contribution is -0.141. The molecule has 1 aliphatic heterocycles. The second-order valence-electron chi connectivity index (χ2n) is 5.50. The first kappa shape index (κ1) is 15.3. The molecule has 0 spiro atoms. The van der Waals surface area contributed by atoms with E-state index < -0.39 is 12.0 Å². The fraction of sp³-hybridized carbons (Fsp3) is 0.294. The average molecular weight is 314 g/mol. The zero-order chi connectivity index (χ0) is 16.4. The molecular formula is C17H18N2O4. The number of rotatable bonds is 3. The van der Waals surface area contributed by atoms with Crippen LogP contribution in [-0.2, 0) is 17.8 Å². The van der Waals surface area contributed by atoms with Gasteiger partial charge in [-0.3, -0.25) is 9.59 Å². The molecule has 1 unspecified atom stereocenters. The number of methoxy groups -OCH3 is 1. The van der Waals surface area contributed by atoms with Gasteiger partial charge in [0, 0.05) is 18.3 Å². The Balaban J connectivity index is 1.81. The maximum atomic E-state index is 12.5. The molecule has 0 radical (unpaired) electrons. The van der Waals surface area contributed by atoms with Crippen molar-refractivity contribution < 1.29 is 14.6 Å². The summed E-state index contributed by atoms with van der Waals surface area (Å²) in [5.41, 5.74) is 1.83. The number of benzene rings is 1. The van der Waals surface area contributed by atoms with E-state index in [0.29, 0.717) is 29.8 Å². The van der Waals surface area contributed by atoms with Crippen molar-refractivity contribution >= 4 is 5.91 Å². The van der Waals surface area contributed by atoms with Crippen LogP contribution in [0, 0.1) is 0 Å². The van der Waals surface area contributed by atoms with Crippen LogP contribution in [0.1, 0.15) is 22.8 Å². The first-order valence-corrected chi connectivity index (χ1v) is 7.40. The predicted octanol–water partition coefficient (Wildman–Crippen LogP) is 1.00. The van der Waals surface area contributed by atoms with Crippen molar-refractivity contribution in [1.29, 1.82) is 0 Å². The molecule has 0 bridgehead atoms. The van der Waals surface area contributed by atoms with Crippen LogP contribution in [0.3, 0.4) is 0 Å². The first-order chi connectivity index (χ1) is 11.1. The highest BCUT2D eigenvalue weighted by Gasteiger charge is 2.28. The summed E-state index contributed by atoms with van der Waals surface area (Å²) in [6, 6.07) is 8.64. The average Bonchev–Trinajstić information content (AvgIpc) is 2.60. The van der Waals surface area contributed by atoms with Crippen molar-refractivity contribution in [1.82, 2.24) is 9.88 Å². The molecule has 2 N–H and O–H groups in total. The molecule has 1 amide bonds. The topological polar surface area (TPSA) is 82.6 Å². The van der Waals surface area contributed by atoms with Crippen LogP contribution in [-0.4, -0.2) is 34.6 Å². The number of nitrogens with zero attached hydrogens (tertiary/aromatic N) is 1. The monoisotopic (exact) mass is 314 g/mol. The number of nitrogens with one attached hydrogen (secondary N) is 1. The van der Waals surface area contributed by atoms with Gasteiger partial charge in [0.25, 0.3) is 11.5 Å². The number of fused-ring (bicyclic) bond motifs is 1. The predicted molar refractivity (Wildman–Crippen MR) is 84.1 cm³/mol. The Morgan fingerprint density at radius 3 is 3.00 bits per heavy atom. The quantitative estimate of drug-likeness (QED) is 0.885. The Morgan fingerprint density at radius 2 is 2.22 bits per heavy atom. The Morgan fingerprint density at radius 1 is 1.39 bits per heavy atom. The zero-order valence-corrected chi connectivity index (χ0v) is 12.8. The Labute approximate surface area is 133 Å². The number of amides is 1. The molecular weight excluding hydrogens is 296 g/mol. The third kappa shape index (κ3) is 2.98. The minimum absolute atomic E-state index is 0.184. The van der Waals surface area contributed by atoms with Crippen molar-refractivity contribution in [2.75, 3.05) is 13.7 Å². The Bertz CT molecular complexity index is 784. The van der Waals surface area contributed by atoms with Crippen molar-refractivity contribution in [2.45, 2.75) is 19.1 Å². The van der Waals surface area contributed by atoms with Gasteiger partial charge in [-0.05, 0) is 35.7 Å². The molecule has 0 fully saturated rings. The SMILES string of the molecule is COc1cccc(C(O)C(=O)N2CCc3cc[nH]c(=O)c3C2)c1. The molecule has 0 saturated heterocycles. The highest BCUT2D eigenvalue weighted by molar-refractivity contribution is 5.82. The van der Waals surface area contributed by atoms with Crippen molar-refractivity contribution in [3.05, 3.63) is 63.6 Å². The van der Waals surface area contributed by atoms with Crippen LogP contribution in [0.25, 0.3) is 0 Å². The molecule has 1 aromatic heterocycles. The van der Waals surface area contributed by atoms with Crippen LogP contribution in [0.2, 0.25) is 0 Å². The molecule has 2 heterocycles. The van der Waals surface area contributed by atoms with Crippen LogP contribution >= 0.6 is 0 Å². The number of hydrogen-bond acceptors (Lipinski definition) is 4. The first-order valence-electron chi connectivity index (χ1n) is 7.40. The van der Waals surface area contributed by atoms with Gasteiger partial charge in [-0.15, -0.1) is 0 Å². The third-order valence-electron chi connectivity index (χ3n) is 4.12.